The van der Waals surface area contributed by atoms with Crippen molar-refractivity contribution in [3.63, 3.8) is 0 Å². The second-order valence-corrected chi connectivity index (χ2v) is 4.62. The molecule has 22 heavy (non-hydrogen) atoms. The van der Waals surface area contributed by atoms with Gasteiger partial charge in [-0.3, -0.25) is 14.9 Å². The minimum atomic E-state index is -0.758. The van der Waals surface area contributed by atoms with Crippen LogP contribution in [0.5, 0.6) is 0 Å². The maximum Gasteiger partial charge on any atom is 0.433 e. The Labute approximate surface area is 125 Å². The molecule has 0 spiro atoms. The Morgan fingerprint density at radius 1 is 1.14 bits per heavy atom. The summed E-state index contributed by atoms with van der Waals surface area (Å²) in [5, 5.41) is 22.4. The molecule has 0 atom stereocenters. The lowest BCUT2D eigenvalue weighted by Crippen LogP contribution is -2.10. The summed E-state index contributed by atoms with van der Waals surface area (Å²) in [6.45, 7) is 0. The normalized spacial score (nSPS) is 11.3. The van der Waals surface area contributed by atoms with Crippen LogP contribution in [0.15, 0.2) is 40.8 Å². The van der Waals surface area contributed by atoms with Gasteiger partial charge in [0.1, 0.15) is 4.92 Å². The first-order chi connectivity index (χ1) is 10.4. The van der Waals surface area contributed by atoms with Gasteiger partial charge in [-0.25, -0.2) is 0 Å². The summed E-state index contributed by atoms with van der Waals surface area (Å²) in [7, 11) is 3.73. The summed E-state index contributed by atoms with van der Waals surface area (Å²) >= 11 is 0. The zero-order valence-corrected chi connectivity index (χ0v) is 11.9. The highest BCUT2D eigenvalue weighted by Crippen LogP contribution is 2.18. The largest absolute Gasteiger partial charge is 0.618 e. The van der Waals surface area contributed by atoms with Crippen LogP contribution in [-0.2, 0) is 0 Å². The highest BCUT2D eigenvalue weighted by Gasteiger charge is 2.18. The van der Waals surface area contributed by atoms with E-state index < -0.39 is 16.6 Å². The van der Waals surface area contributed by atoms with Crippen molar-refractivity contribution < 1.29 is 18.9 Å². The molecule has 2 rings (SSSR count). The highest BCUT2D eigenvalue weighted by atomic mass is 16.6. The Bertz CT molecular complexity index is 731. The Hall–Kier alpha value is -3.16. The fourth-order valence-electron chi connectivity index (χ4n) is 1.70. The van der Waals surface area contributed by atoms with Crippen LogP contribution in [0.4, 0.5) is 17.3 Å². The third kappa shape index (κ3) is 3.29. The molecule has 0 fully saturated rings. The van der Waals surface area contributed by atoms with Gasteiger partial charge in [-0.05, 0) is 18.2 Å². The van der Waals surface area contributed by atoms with Crippen LogP contribution in [0.1, 0.15) is 10.6 Å². The van der Waals surface area contributed by atoms with Crippen molar-refractivity contribution in [2.24, 2.45) is 0 Å². The van der Waals surface area contributed by atoms with Gasteiger partial charge in [0.25, 0.3) is 5.78 Å². The SMILES string of the molecule is CN(C)c1ccc([N+]([O-])=CC(=O)c2ccc([N+](=O)[O-])o2)cc1. The zero-order chi connectivity index (χ0) is 16.3. The number of nitrogens with zero attached hydrogens (tertiary/aromatic N) is 3. The number of carbonyl (C=O) groups excluding carboxylic acids is 1. The van der Waals surface area contributed by atoms with Gasteiger partial charge in [0, 0.05) is 31.9 Å². The second-order valence-electron chi connectivity index (χ2n) is 4.62. The van der Waals surface area contributed by atoms with E-state index >= 15 is 0 Å². The van der Waals surface area contributed by atoms with E-state index in [2.05, 4.69) is 0 Å². The summed E-state index contributed by atoms with van der Waals surface area (Å²) in [5.74, 6) is -1.57. The molecule has 0 saturated carbocycles. The first kappa shape index (κ1) is 15.2. The molecule has 0 N–H and O–H groups in total. The van der Waals surface area contributed by atoms with Gasteiger partial charge < -0.3 is 14.5 Å². The summed E-state index contributed by atoms with van der Waals surface area (Å²) in [4.78, 5) is 23.4. The van der Waals surface area contributed by atoms with Crippen molar-refractivity contribution in [3.05, 3.63) is 57.5 Å². The van der Waals surface area contributed by atoms with Crippen LogP contribution in [0.3, 0.4) is 0 Å². The Morgan fingerprint density at radius 2 is 1.77 bits per heavy atom. The molecule has 1 aromatic carbocycles. The van der Waals surface area contributed by atoms with Gasteiger partial charge in [-0.2, -0.15) is 4.74 Å². The van der Waals surface area contributed by atoms with Crippen LogP contribution in [-0.4, -0.2) is 35.8 Å². The lowest BCUT2D eigenvalue weighted by molar-refractivity contribution is -0.402. The van der Waals surface area contributed by atoms with Gasteiger partial charge >= 0.3 is 5.88 Å². The number of nitro groups is 1. The third-order valence-corrected chi connectivity index (χ3v) is 2.87. The summed E-state index contributed by atoms with van der Waals surface area (Å²) in [6, 6.07) is 8.81. The Morgan fingerprint density at radius 3 is 2.27 bits per heavy atom. The molecule has 0 aliphatic carbocycles. The summed E-state index contributed by atoms with van der Waals surface area (Å²) in [5.41, 5.74) is 1.17. The molecular formula is C14H13N3O5. The van der Waals surface area contributed by atoms with E-state index in [9.17, 15) is 20.1 Å². The van der Waals surface area contributed by atoms with E-state index in [0.717, 1.165) is 24.0 Å². The van der Waals surface area contributed by atoms with E-state index in [4.69, 9.17) is 4.42 Å². The van der Waals surface area contributed by atoms with E-state index in [1.807, 2.05) is 19.0 Å². The smallest absolute Gasteiger partial charge is 0.433 e. The van der Waals surface area contributed by atoms with Gasteiger partial charge in [-0.15, -0.1) is 0 Å². The first-order valence-corrected chi connectivity index (χ1v) is 6.25. The van der Waals surface area contributed by atoms with E-state index in [1.165, 1.54) is 0 Å². The fourth-order valence-corrected chi connectivity index (χ4v) is 1.70. The molecule has 0 bridgehead atoms. The van der Waals surface area contributed by atoms with E-state index in [0.29, 0.717) is 4.74 Å². The number of Topliss-reactive ketones (excluding diaryl/α,β-unsaturated/α-hetero) is 1. The second kappa shape index (κ2) is 6.08. The predicted molar refractivity (Wildman–Crippen MR) is 79.8 cm³/mol. The monoisotopic (exact) mass is 303 g/mol. The first-order valence-electron chi connectivity index (χ1n) is 6.25. The van der Waals surface area contributed by atoms with Crippen molar-refractivity contribution in [2.75, 3.05) is 19.0 Å². The Balaban J connectivity index is 2.19. The van der Waals surface area contributed by atoms with Crippen LogP contribution >= 0.6 is 0 Å². The van der Waals surface area contributed by atoms with Crippen LogP contribution in [0.2, 0.25) is 0 Å². The number of furan rings is 1. The van der Waals surface area contributed by atoms with Crippen molar-refractivity contribution in [2.45, 2.75) is 0 Å². The minimum Gasteiger partial charge on any atom is -0.618 e. The molecule has 0 radical (unpaired) electrons. The van der Waals surface area contributed by atoms with Crippen molar-refractivity contribution >= 4 is 29.3 Å². The van der Waals surface area contributed by atoms with Crippen LogP contribution in [0.25, 0.3) is 0 Å². The summed E-state index contributed by atoms with van der Waals surface area (Å²) in [6.07, 6.45) is 0.771. The number of benzene rings is 1. The number of anilines is 1. The maximum absolute atomic E-state index is 11.9. The highest BCUT2D eigenvalue weighted by molar-refractivity contribution is 6.32. The molecule has 114 valence electrons. The fraction of sp³-hybridized carbons (Fsp3) is 0.143. The number of hydrogen-bond acceptors (Lipinski definition) is 6. The molecule has 0 saturated heterocycles. The molecule has 2 aromatic rings. The molecule has 8 nitrogen and oxygen atoms in total. The number of ketones is 1. The number of carbonyl (C=O) groups is 1. The lowest BCUT2D eigenvalue weighted by atomic mass is 10.2. The summed E-state index contributed by atoms with van der Waals surface area (Å²) < 4.78 is 5.13. The maximum atomic E-state index is 11.9. The van der Waals surface area contributed by atoms with E-state index in [1.54, 1.807) is 24.3 Å². The topological polar surface area (TPSA) is 103 Å². The average molecular weight is 303 g/mol. The minimum absolute atomic E-state index is 0.264. The standard InChI is InChI=1S/C14H13N3O5/c1-15(2)10-3-5-11(6-4-10)16(19)9-12(18)13-7-8-14(22-13)17(20)21/h3-9H,1-2H3. The average Bonchev–Trinajstić information content (AvgIpc) is 2.97. The third-order valence-electron chi connectivity index (χ3n) is 2.87. The molecule has 8 heteroatoms. The van der Waals surface area contributed by atoms with Crippen LogP contribution in [0, 0.1) is 15.3 Å². The van der Waals surface area contributed by atoms with Crippen molar-refractivity contribution in [3.8, 4) is 0 Å². The van der Waals surface area contributed by atoms with Gasteiger partial charge in [-0.1, -0.05) is 0 Å². The number of hydrogen-bond donors (Lipinski definition) is 0. The molecule has 0 aliphatic rings. The van der Waals surface area contributed by atoms with Crippen molar-refractivity contribution in [1.29, 1.82) is 0 Å². The van der Waals surface area contributed by atoms with E-state index in [-0.39, 0.29) is 11.4 Å². The van der Waals surface area contributed by atoms with Crippen LogP contribution < -0.4 is 4.90 Å². The zero-order valence-electron chi connectivity index (χ0n) is 11.9. The lowest BCUT2D eigenvalue weighted by Gasteiger charge is -2.12. The molecule has 1 heterocycles. The molecular weight excluding hydrogens is 290 g/mol. The van der Waals surface area contributed by atoms with Gasteiger partial charge in [0.05, 0.1) is 6.07 Å². The quantitative estimate of drug-likeness (QED) is 0.210. The predicted octanol–water partition coefficient (Wildman–Crippen LogP) is 2.35. The van der Waals surface area contributed by atoms with Crippen molar-refractivity contribution in [1.82, 2.24) is 0 Å². The molecule has 0 amide bonds. The molecule has 1 aromatic heterocycles. The Kier molecular flexibility index (Phi) is 4.21. The number of rotatable bonds is 5. The molecule has 0 unspecified atom stereocenters. The molecule has 0 aliphatic heterocycles. The van der Waals surface area contributed by atoms with Gasteiger partial charge in [0.15, 0.2) is 5.76 Å². The van der Waals surface area contributed by atoms with Gasteiger partial charge in [0.2, 0.25) is 11.9 Å².